The summed E-state index contributed by atoms with van der Waals surface area (Å²) in [5.74, 6) is 0.940. The molecular weight excluding hydrogens is 250 g/mol. The predicted molar refractivity (Wildman–Crippen MR) is 68.1 cm³/mol. The van der Waals surface area contributed by atoms with Gasteiger partial charge in [0, 0.05) is 4.47 Å². The van der Waals surface area contributed by atoms with Gasteiger partial charge in [0.2, 0.25) is 0 Å². The Hall–Kier alpha value is -0.340. The molecular formula is C13H18BrN. The topological polar surface area (TPSA) is 12.0 Å². The summed E-state index contributed by atoms with van der Waals surface area (Å²) in [4.78, 5) is 0. The van der Waals surface area contributed by atoms with E-state index in [0.29, 0.717) is 0 Å². The summed E-state index contributed by atoms with van der Waals surface area (Å²) in [6.07, 6.45) is 5.30. The van der Waals surface area contributed by atoms with E-state index in [-0.39, 0.29) is 0 Å². The molecule has 1 fully saturated rings. The highest BCUT2D eigenvalue weighted by atomic mass is 79.9. The van der Waals surface area contributed by atoms with Crippen molar-refractivity contribution in [1.29, 1.82) is 0 Å². The minimum absolute atomic E-state index is 0.940. The van der Waals surface area contributed by atoms with Crippen molar-refractivity contribution in [2.75, 3.05) is 13.1 Å². The van der Waals surface area contributed by atoms with Crippen molar-refractivity contribution in [2.45, 2.75) is 25.7 Å². The molecule has 1 aliphatic rings. The molecule has 0 spiro atoms. The molecule has 1 aromatic rings. The fourth-order valence-corrected chi connectivity index (χ4v) is 2.46. The molecule has 1 heterocycles. The van der Waals surface area contributed by atoms with Gasteiger partial charge in [0.15, 0.2) is 0 Å². The third-order valence-corrected chi connectivity index (χ3v) is 3.74. The smallest absolute Gasteiger partial charge is 0.0175 e. The number of hydrogen-bond donors (Lipinski definition) is 1. The van der Waals surface area contributed by atoms with E-state index in [0.717, 1.165) is 5.92 Å². The van der Waals surface area contributed by atoms with Gasteiger partial charge in [-0.2, -0.15) is 0 Å². The van der Waals surface area contributed by atoms with Crippen molar-refractivity contribution in [1.82, 2.24) is 5.32 Å². The molecule has 0 radical (unpaired) electrons. The lowest BCUT2D eigenvalue weighted by Crippen LogP contribution is -2.27. The van der Waals surface area contributed by atoms with E-state index >= 15 is 0 Å². The maximum absolute atomic E-state index is 3.46. The van der Waals surface area contributed by atoms with E-state index in [2.05, 4.69) is 45.5 Å². The van der Waals surface area contributed by atoms with Crippen LogP contribution in [0.4, 0.5) is 0 Å². The van der Waals surface area contributed by atoms with Gasteiger partial charge >= 0.3 is 0 Å². The van der Waals surface area contributed by atoms with Gasteiger partial charge in [-0.1, -0.05) is 28.1 Å². The Balaban J connectivity index is 1.79. The summed E-state index contributed by atoms with van der Waals surface area (Å²) in [7, 11) is 0. The number of benzene rings is 1. The van der Waals surface area contributed by atoms with Crippen molar-refractivity contribution >= 4 is 15.9 Å². The van der Waals surface area contributed by atoms with Crippen LogP contribution in [0.1, 0.15) is 24.8 Å². The highest BCUT2D eigenvalue weighted by molar-refractivity contribution is 9.10. The van der Waals surface area contributed by atoms with Gasteiger partial charge in [-0.05, 0) is 62.4 Å². The van der Waals surface area contributed by atoms with E-state index in [4.69, 9.17) is 0 Å². The molecule has 0 atom stereocenters. The van der Waals surface area contributed by atoms with Crippen LogP contribution >= 0.6 is 15.9 Å². The number of rotatable bonds is 3. The Kier molecular flexibility index (Phi) is 4.21. The molecule has 82 valence electrons. The molecule has 2 rings (SSSR count). The van der Waals surface area contributed by atoms with E-state index in [1.165, 1.54) is 48.8 Å². The first-order valence-corrected chi connectivity index (χ1v) is 6.59. The Morgan fingerprint density at radius 3 is 2.47 bits per heavy atom. The zero-order valence-corrected chi connectivity index (χ0v) is 10.6. The lowest BCUT2D eigenvalue weighted by atomic mass is 9.91. The van der Waals surface area contributed by atoms with Crippen LogP contribution in [0.3, 0.4) is 0 Å². The van der Waals surface area contributed by atoms with Crippen molar-refractivity contribution in [3.8, 4) is 0 Å². The van der Waals surface area contributed by atoms with Gasteiger partial charge in [-0.15, -0.1) is 0 Å². The lowest BCUT2D eigenvalue weighted by molar-refractivity contribution is 0.354. The molecule has 1 saturated heterocycles. The van der Waals surface area contributed by atoms with Crippen LogP contribution in [0.15, 0.2) is 28.7 Å². The van der Waals surface area contributed by atoms with Gasteiger partial charge in [0.1, 0.15) is 0 Å². The third-order valence-electron chi connectivity index (χ3n) is 3.21. The maximum Gasteiger partial charge on any atom is 0.0175 e. The minimum Gasteiger partial charge on any atom is -0.317 e. The van der Waals surface area contributed by atoms with Crippen LogP contribution in [0, 0.1) is 5.92 Å². The standard InChI is InChI=1S/C13H18BrN/c14-13-5-3-11(4-6-13)1-2-12-7-9-15-10-8-12/h3-6,12,15H,1-2,7-10H2. The van der Waals surface area contributed by atoms with Crippen LogP contribution in [0.25, 0.3) is 0 Å². The third kappa shape index (κ3) is 3.62. The van der Waals surface area contributed by atoms with E-state index in [1.54, 1.807) is 0 Å². The number of hydrogen-bond acceptors (Lipinski definition) is 1. The zero-order valence-electron chi connectivity index (χ0n) is 9.01. The second-order valence-corrected chi connectivity index (χ2v) is 5.27. The fourth-order valence-electron chi connectivity index (χ4n) is 2.19. The van der Waals surface area contributed by atoms with E-state index in [1.807, 2.05) is 0 Å². The highest BCUT2D eigenvalue weighted by Crippen LogP contribution is 2.19. The first kappa shape index (κ1) is 11.2. The Labute approximate surface area is 100 Å². The molecule has 1 aliphatic heterocycles. The lowest BCUT2D eigenvalue weighted by Gasteiger charge is -2.22. The quantitative estimate of drug-likeness (QED) is 0.886. The number of nitrogens with one attached hydrogen (secondary N) is 1. The van der Waals surface area contributed by atoms with Crippen LogP contribution in [-0.2, 0) is 6.42 Å². The SMILES string of the molecule is Brc1ccc(CCC2CCNCC2)cc1. The van der Waals surface area contributed by atoms with E-state index < -0.39 is 0 Å². The van der Waals surface area contributed by atoms with Gasteiger partial charge in [-0.3, -0.25) is 0 Å². The van der Waals surface area contributed by atoms with Crippen molar-refractivity contribution in [2.24, 2.45) is 5.92 Å². The normalized spacial score (nSPS) is 17.9. The molecule has 15 heavy (non-hydrogen) atoms. The van der Waals surface area contributed by atoms with Gasteiger partial charge < -0.3 is 5.32 Å². The molecule has 0 unspecified atom stereocenters. The van der Waals surface area contributed by atoms with Crippen molar-refractivity contribution in [3.63, 3.8) is 0 Å². The molecule has 2 heteroatoms. The molecule has 1 N–H and O–H groups in total. The first-order valence-electron chi connectivity index (χ1n) is 5.80. The fraction of sp³-hybridized carbons (Fsp3) is 0.538. The van der Waals surface area contributed by atoms with Crippen LogP contribution in [-0.4, -0.2) is 13.1 Å². The van der Waals surface area contributed by atoms with E-state index in [9.17, 15) is 0 Å². The molecule has 0 amide bonds. The van der Waals surface area contributed by atoms with Crippen LogP contribution in [0.2, 0.25) is 0 Å². The average molecular weight is 268 g/mol. The summed E-state index contributed by atoms with van der Waals surface area (Å²) in [6.45, 7) is 2.43. The Morgan fingerprint density at radius 2 is 1.80 bits per heavy atom. The summed E-state index contributed by atoms with van der Waals surface area (Å²) in [6, 6.07) is 8.73. The predicted octanol–water partition coefficient (Wildman–Crippen LogP) is 3.38. The highest BCUT2D eigenvalue weighted by Gasteiger charge is 2.12. The molecule has 0 aromatic heterocycles. The van der Waals surface area contributed by atoms with Crippen molar-refractivity contribution in [3.05, 3.63) is 34.3 Å². The number of halogens is 1. The minimum atomic E-state index is 0.940. The second-order valence-electron chi connectivity index (χ2n) is 4.36. The van der Waals surface area contributed by atoms with Crippen molar-refractivity contribution < 1.29 is 0 Å². The maximum atomic E-state index is 3.46. The molecule has 1 aromatic carbocycles. The number of piperidine rings is 1. The molecule has 0 aliphatic carbocycles. The molecule has 0 bridgehead atoms. The monoisotopic (exact) mass is 267 g/mol. The second kappa shape index (κ2) is 5.66. The van der Waals surface area contributed by atoms with Crippen LogP contribution < -0.4 is 5.32 Å². The summed E-state index contributed by atoms with van der Waals surface area (Å²) in [5.41, 5.74) is 1.47. The zero-order chi connectivity index (χ0) is 10.5. The first-order chi connectivity index (χ1) is 7.34. The van der Waals surface area contributed by atoms with Crippen LogP contribution in [0.5, 0.6) is 0 Å². The summed E-state index contributed by atoms with van der Waals surface area (Å²) in [5, 5.41) is 3.41. The Bertz CT molecular complexity index is 288. The van der Waals surface area contributed by atoms with Gasteiger partial charge in [0.05, 0.1) is 0 Å². The molecule has 0 saturated carbocycles. The van der Waals surface area contributed by atoms with Gasteiger partial charge in [-0.25, -0.2) is 0 Å². The Morgan fingerprint density at radius 1 is 1.13 bits per heavy atom. The average Bonchev–Trinajstić information content (AvgIpc) is 2.30. The summed E-state index contributed by atoms with van der Waals surface area (Å²) < 4.78 is 1.17. The number of aryl methyl sites for hydroxylation is 1. The summed E-state index contributed by atoms with van der Waals surface area (Å²) >= 11 is 3.46. The largest absolute Gasteiger partial charge is 0.317 e. The molecule has 1 nitrogen and oxygen atoms in total. The van der Waals surface area contributed by atoms with Gasteiger partial charge in [0.25, 0.3) is 0 Å².